The number of amides is 3. The van der Waals surface area contributed by atoms with Crippen LogP contribution in [0.4, 0.5) is 10.5 Å². The molecule has 0 fully saturated rings. The van der Waals surface area contributed by atoms with Crippen LogP contribution in [0, 0.1) is 10.8 Å². The lowest BCUT2D eigenvalue weighted by Crippen LogP contribution is -2.47. The molecule has 0 bridgehead atoms. The molecule has 0 saturated carbocycles. The number of hydrogen-bond donors (Lipinski definition) is 3. The predicted molar refractivity (Wildman–Crippen MR) is 154 cm³/mol. The molecule has 9 heteroatoms. The van der Waals surface area contributed by atoms with Crippen molar-refractivity contribution in [1.82, 2.24) is 10.2 Å². The van der Waals surface area contributed by atoms with Gasteiger partial charge in [-0.25, -0.2) is 4.79 Å². The topological polar surface area (TPSA) is 125 Å². The van der Waals surface area contributed by atoms with E-state index in [2.05, 4.69) is 10.6 Å². The van der Waals surface area contributed by atoms with E-state index in [0.717, 1.165) is 5.56 Å². The van der Waals surface area contributed by atoms with Gasteiger partial charge in [0.1, 0.15) is 11.6 Å². The summed E-state index contributed by atoms with van der Waals surface area (Å²) in [5.41, 5.74) is 0.566. The zero-order valence-electron chi connectivity index (χ0n) is 25.3. The Morgan fingerprint density at radius 1 is 0.923 bits per heavy atom. The number of carboxylic acid groups (broad SMARTS) is 1. The lowest BCUT2D eigenvalue weighted by molar-refractivity contribution is -0.137. The van der Waals surface area contributed by atoms with Crippen molar-refractivity contribution in [3.8, 4) is 0 Å². The van der Waals surface area contributed by atoms with E-state index in [1.807, 2.05) is 58.9 Å². The van der Waals surface area contributed by atoms with E-state index in [9.17, 15) is 19.2 Å². The highest BCUT2D eigenvalue weighted by Crippen LogP contribution is 2.28. The number of carbonyl (C=O) groups is 4. The molecular weight excluding hydrogens is 498 g/mol. The molecular formula is C30H49N3O6. The highest BCUT2D eigenvalue weighted by Gasteiger charge is 2.29. The summed E-state index contributed by atoms with van der Waals surface area (Å²) < 4.78 is 5.33. The van der Waals surface area contributed by atoms with Gasteiger partial charge in [-0.3, -0.25) is 14.4 Å². The Kier molecular flexibility index (Phi) is 12.5. The number of benzene rings is 1. The predicted octanol–water partition coefficient (Wildman–Crippen LogP) is 5.63. The molecule has 1 rings (SSSR count). The third-order valence-electron chi connectivity index (χ3n) is 6.24. The maximum absolute atomic E-state index is 13.0. The first-order valence-electron chi connectivity index (χ1n) is 13.6. The van der Waals surface area contributed by atoms with Crippen molar-refractivity contribution in [3.63, 3.8) is 0 Å². The summed E-state index contributed by atoms with van der Waals surface area (Å²) >= 11 is 0. The van der Waals surface area contributed by atoms with Gasteiger partial charge < -0.3 is 25.4 Å². The summed E-state index contributed by atoms with van der Waals surface area (Å²) in [5, 5.41) is 14.5. The Bertz CT molecular complexity index is 974. The number of aliphatic carboxylic acids is 1. The first-order chi connectivity index (χ1) is 17.8. The fraction of sp³-hybridized carbons (Fsp3) is 0.667. The normalized spacial score (nSPS) is 12.8. The van der Waals surface area contributed by atoms with Crippen LogP contribution in [-0.2, 0) is 25.5 Å². The van der Waals surface area contributed by atoms with Crippen LogP contribution in [0.5, 0.6) is 0 Å². The van der Waals surface area contributed by atoms with E-state index >= 15 is 0 Å². The molecule has 0 saturated heterocycles. The van der Waals surface area contributed by atoms with Gasteiger partial charge in [-0.15, -0.1) is 0 Å². The van der Waals surface area contributed by atoms with Crippen molar-refractivity contribution >= 4 is 29.6 Å². The van der Waals surface area contributed by atoms with Crippen LogP contribution >= 0.6 is 0 Å². The quantitative estimate of drug-likeness (QED) is 0.294. The van der Waals surface area contributed by atoms with Gasteiger partial charge in [-0.05, 0) is 75.0 Å². The summed E-state index contributed by atoms with van der Waals surface area (Å²) in [7, 11) is 1.77. The third-order valence-corrected chi connectivity index (χ3v) is 6.24. The molecule has 3 amide bonds. The van der Waals surface area contributed by atoms with Gasteiger partial charge in [0.2, 0.25) is 11.8 Å². The number of hydrogen-bond acceptors (Lipinski definition) is 5. The molecule has 1 aromatic carbocycles. The Labute approximate surface area is 234 Å². The number of nitrogens with one attached hydrogen (secondary N) is 2. The second kappa shape index (κ2) is 14.3. The van der Waals surface area contributed by atoms with Crippen LogP contribution in [0.2, 0.25) is 0 Å². The number of likely N-dealkylation sites (N-methyl/N-ethyl adjacent to an activating group) is 1. The fourth-order valence-electron chi connectivity index (χ4n) is 3.88. The van der Waals surface area contributed by atoms with Crippen molar-refractivity contribution in [1.29, 1.82) is 0 Å². The Morgan fingerprint density at radius 2 is 1.49 bits per heavy atom. The number of anilines is 1. The Balaban J connectivity index is 2.66. The first-order valence-corrected chi connectivity index (χ1v) is 13.6. The molecule has 0 radical (unpaired) electrons. The molecule has 0 heterocycles. The summed E-state index contributed by atoms with van der Waals surface area (Å²) in [6.07, 6.45) is 2.11. The summed E-state index contributed by atoms with van der Waals surface area (Å²) in [5.74, 6) is -1.11. The largest absolute Gasteiger partial charge is 0.481 e. The van der Waals surface area contributed by atoms with Gasteiger partial charge in [0, 0.05) is 32.1 Å². The van der Waals surface area contributed by atoms with Crippen LogP contribution < -0.4 is 10.6 Å². The molecule has 39 heavy (non-hydrogen) atoms. The van der Waals surface area contributed by atoms with Crippen molar-refractivity contribution in [2.24, 2.45) is 10.8 Å². The van der Waals surface area contributed by atoms with Crippen LogP contribution in [0.1, 0.15) is 93.1 Å². The minimum absolute atomic E-state index is 0.0321. The van der Waals surface area contributed by atoms with Gasteiger partial charge in [-0.2, -0.15) is 0 Å². The molecule has 0 aliphatic rings. The highest BCUT2D eigenvalue weighted by molar-refractivity contribution is 5.96. The lowest BCUT2D eigenvalue weighted by atomic mass is 9.83. The standard InChI is InChI=1S/C30H49N3O6/c1-28(2,3)20-23(32-27(38)39-29(4,5)6)26(37)31-22-12-10-21(11-13-22)16-19-33(9)24(34)14-17-30(7,8)18-15-25(35)36/h10-13,23H,14-20H2,1-9H3,(H,31,37)(H,32,38)(H,35,36). The maximum atomic E-state index is 13.0. The van der Waals surface area contributed by atoms with Crippen LogP contribution in [0.3, 0.4) is 0 Å². The second-order valence-electron chi connectivity index (χ2n) is 13.3. The van der Waals surface area contributed by atoms with Gasteiger partial charge >= 0.3 is 12.1 Å². The summed E-state index contributed by atoms with van der Waals surface area (Å²) in [4.78, 5) is 50.4. The molecule has 0 aromatic heterocycles. The monoisotopic (exact) mass is 547 g/mol. The van der Waals surface area contributed by atoms with Crippen molar-refractivity contribution in [2.45, 2.75) is 106 Å². The van der Waals surface area contributed by atoms with E-state index in [0.29, 0.717) is 44.3 Å². The molecule has 3 N–H and O–H groups in total. The molecule has 0 spiro atoms. The van der Waals surface area contributed by atoms with Crippen LogP contribution in [0.15, 0.2) is 24.3 Å². The Hall–Kier alpha value is -3.10. The van der Waals surface area contributed by atoms with E-state index in [1.54, 1.807) is 32.7 Å². The van der Waals surface area contributed by atoms with Gasteiger partial charge in [0.05, 0.1) is 0 Å². The minimum atomic E-state index is -0.820. The van der Waals surface area contributed by atoms with Crippen LogP contribution in [-0.4, -0.2) is 59.1 Å². The number of carboxylic acids is 1. The molecule has 1 atom stereocenters. The zero-order chi connectivity index (χ0) is 30.0. The van der Waals surface area contributed by atoms with E-state index in [1.165, 1.54) is 0 Å². The zero-order valence-corrected chi connectivity index (χ0v) is 25.3. The van der Waals surface area contributed by atoms with E-state index in [4.69, 9.17) is 9.84 Å². The summed E-state index contributed by atoms with van der Waals surface area (Å²) in [6.45, 7) is 15.8. The molecule has 9 nitrogen and oxygen atoms in total. The second-order valence-corrected chi connectivity index (χ2v) is 13.3. The SMILES string of the molecule is CN(CCc1ccc(NC(=O)C(CC(C)(C)C)NC(=O)OC(C)(C)C)cc1)C(=O)CCC(C)(C)CCC(=O)O. The van der Waals surface area contributed by atoms with Crippen LogP contribution in [0.25, 0.3) is 0 Å². The van der Waals surface area contributed by atoms with Crippen molar-refractivity contribution in [2.75, 3.05) is 18.9 Å². The first kappa shape index (κ1) is 33.9. The molecule has 0 aliphatic carbocycles. The van der Waals surface area contributed by atoms with E-state index in [-0.39, 0.29) is 29.1 Å². The molecule has 220 valence electrons. The highest BCUT2D eigenvalue weighted by atomic mass is 16.6. The fourth-order valence-corrected chi connectivity index (χ4v) is 3.88. The van der Waals surface area contributed by atoms with Crippen molar-refractivity contribution < 1.29 is 29.0 Å². The Morgan fingerprint density at radius 3 is 2.00 bits per heavy atom. The number of carbonyl (C=O) groups excluding carboxylic acids is 3. The number of nitrogens with zero attached hydrogens (tertiary/aromatic N) is 1. The maximum Gasteiger partial charge on any atom is 0.408 e. The minimum Gasteiger partial charge on any atom is -0.481 e. The lowest BCUT2D eigenvalue weighted by Gasteiger charge is -2.27. The van der Waals surface area contributed by atoms with Gasteiger partial charge in [-0.1, -0.05) is 46.8 Å². The smallest absolute Gasteiger partial charge is 0.408 e. The van der Waals surface area contributed by atoms with E-state index < -0.39 is 23.7 Å². The summed E-state index contributed by atoms with van der Waals surface area (Å²) in [6, 6.07) is 6.67. The van der Waals surface area contributed by atoms with Crippen molar-refractivity contribution in [3.05, 3.63) is 29.8 Å². The number of alkyl carbamates (subject to hydrolysis) is 1. The number of ether oxygens (including phenoxy) is 1. The molecule has 0 aliphatic heterocycles. The molecule has 1 unspecified atom stereocenters. The third kappa shape index (κ3) is 15.2. The van der Waals surface area contributed by atoms with Gasteiger partial charge in [0.15, 0.2) is 0 Å². The number of rotatable bonds is 13. The average molecular weight is 548 g/mol. The average Bonchev–Trinajstić information content (AvgIpc) is 2.78. The molecule has 1 aromatic rings. The van der Waals surface area contributed by atoms with Gasteiger partial charge in [0.25, 0.3) is 0 Å².